The summed E-state index contributed by atoms with van der Waals surface area (Å²) in [5.74, 6) is 0.0222. The van der Waals surface area contributed by atoms with Crippen LogP contribution in [0.1, 0.15) is 41.6 Å². The van der Waals surface area contributed by atoms with Crippen molar-refractivity contribution in [1.82, 2.24) is 5.32 Å². The molecule has 4 heteroatoms. The Balaban J connectivity index is 1.95. The number of carbonyl (C=O) groups is 1. The molecule has 0 heterocycles. The quantitative estimate of drug-likeness (QED) is 0.925. The number of hydrogen-bond donors (Lipinski definition) is 1. The number of methoxy groups -OCH3 is 1. The molecule has 1 saturated carbocycles. The molecule has 0 radical (unpaired) electrons. The van der Waals surface area contributed by atoms with E-state index in [1.165, 1.54) is 13.2 Å². The van der Waals surface area contributed by atoms with Crippen molar-refractivity contribution in [2.45, 2.75) is 31.2 Å². The Labute approximate surface area is 135 Å². The molecule has 0 unspecified atom stereocenters. The molecule has 23 heavy (non-hydrogen) atoms. The molecule has 1 N–H and O–H groups in total. The summed E-state index contributed by atoms with van der Waals surface area (Å²) < 4.78 is 19.6. The Morgan fingerprint density at radius 1 is 1.09 bits per heavy atom. The van der Waals surface area contributed by atoms with E-state index in [4.69, 9.17) is 4.74 Å². The largest absolute Gasteiger partial charge is 0.496 e. The molecule has 0 saturated heterocycles. The number of rotatable bonds is 4. The van der Waals surface area contributed by atoms with Crippen LogP contribution in [0, 0.1) is 5.82 Å². The Bertz CT molecular complexity index is 708. The number of amides is 1. The van der Waals surface area contributed by atoms with Crippen LogP contribution in [0.5, 0.6) is 5.75 Å². The Morgan fingerprint density at radius 3 is 2.43 bits per heavy atom. The van der Waals surface area contributed by atoms with E-state index in [1.54, 1.807) is 30.3 Å². The first-order chi connectivity index (χ1) is 11.2. The molecule has 120 valence electrons. The summed E-state index contributed by atoms with van der Waals surface area (Å²) in [6, 6.07) is 13.8. The second-order valence-electron chi connectivity index (χ2n) is 5.92. The first-order valence-corrected chi connectivity index (χ1v) is 7.87. The average molecular weight is 313 g/mol. The lowest BCUT2D eigenvalue weighted by Gasteiger charge is -2.31. The molecule has 2 aromatic carbocycles. The first-order valence-electron chi connectivity index (χ1n) is 7.87. The van der Waals surface area contributed by atoms with Crippen molar-refractivity contribution in [2.24, 2.45) is 0 Å². The van der Waals surface area contributed by atoms with E-state index in [2.05, 4.69) is 5.32 Å². The Morgan fingerprint density at radius 2 is 1.74 bits per heavy atom. The zero-order chi connectivity index (χ0) is 16.3. The second kappa shape index (κ2) is 6.41. The zero-order valence-corrected chi connectivity index (χ0v) is 13.1. The SMILES string of the molecule is COc1ccccc1C(=O)NC1(c2ccccc2F)CCCC1. The van der Waals surface area contributed by atoms with Crippen LogP contribution in [0.15, 0.2) is 48.5 Å². The molecule has 0 spiro atoms. The summed E-state index contributed by atoms with van der Waals surface area (Å²) >= 11 is 0. The highest BCUT2D eigenvalue weighted by molar-refractivity contribution is 5.97. The van der Waals surface area contributed by atoms with Crippen molar-refractivity contribution in [3.8, 4) is 5.75 Å². The second-order valence-corrected chi connectivity index (χ2v) is 5.92. The van der Waals surface area contributed by atoms with E-state index < -0.39 is 5.54 Å². The van der Waals surface area contributed by atoms with Crippen molar-refractivity contribution < 1.29 is 13.9 Å². The maximum atomic E-state index is 14.3. The first kappa shape index (κ1) is 15.5. The van der Waals surface area contributed by atoms with Gasteiger partial charge in [0, 0.05) is 5.56 Å². The van der Waals surface area contributed by atoms with E-state index >= 15 is 0 Å². The normalized spacial score (nSPS) is 16.1. The monoisotopic (exact) mass is 313 g/mol. The molecule has 3 nitrogen and oxygen atoms in total. The van der Waals surface area contributed by atoms with Gasteiger partial charge in [0.15, 0.2) is 0 Å². The molecule has 0 bridgehead atoms. The summed E-state index contributed by atoms with van der Waals surface area (Å²) in [4.78, 5) is 12.8. The van der Waals surface area contributed by atoms with Gasteiger partial charge in [-0.15, -0.1) is 0 Å². The topological polar surface area (TPSA) is 38.3 Å². The third-order valence-corrected chi connectivity index (χ3v) is 4.55. The standard InChI is InChI=1S/C19H20FNO2/c1-23-17-11-5-2-8-14(17)18(22)21-19(12-6-7-13-19)15-9-3-4-10-16(15)20/h2-5,8-11H,6-7,12-13H2,1H3,(H,21,22). The summed E-state index contributed by atoms with van der Waals surface area (Å²) in [5, 5.41) is 3.08. The van der Waals surface area contributed by atoms with Crippen molar-refractivity contribution in [3.63, 3.8) is 0 Å². The van der Waals surface area contributed by atoms with E-state index in [1.807, 2.05) is 12.1 Å². The van der Waals surface area contributed by atoms with Crippen LogP contribution in [0.4, 0.5) is 4.39 Å². The predicted octanol–water partition coefficient (Wildman–Crippen LogP) is 4.03. The summed E-state index contributed by atoms with van der Waals surface area (Å²) in [6.07, 6.45) is 3.44. The molecule has 3 rings (SSSR count). The zero-order valence-electron chi connectivity index (χ0n) is 13.1. The van der Waals surface area contributed by atoms with Gasteiger partial charge in [-0.05, 0) is 31.0 Å². The highest BCUT2D eigenvalue weighted by Crippen LogP contribution is 2.40. The van der Waals surface area contributed by atoms with E-state index in [0.717, 1.165) is 25.7 Å². The third-order valence-electron chi connectivity index (χ3n) is 4.55. The summed E-state index contributed by atoms with van der Waals surface area (Å²) in [5.41, 5.74) is 0.405. The van der Waals surface area contributed by atoms with Crippen molar-refractivity contribution >= 4 is 5.91 Å². The lowest BCUT2D eigenvalue weighted by molar-refractivity contribution is 0.0893. The Kier molecular flexibility index (Phi) is 4.33. The molecule has 1 aliphatic carbocycles. The molecule has 0 aromatic heterocycles. The highest BCUT2D eigenvalue weighted by atomic mass is 19.1. The van der Waals surface area contributed by atoms with E-state index in [-0.39, 0.29) is 11.7 Å². The van der Waals surface area contributed by atoms with Gasteiger partial charge in [-0.2, -0.15) is 0 Å². The van der Waals surface area contributed by atoms with Crippen LogP contribution >= 0.6 is 0 Å². The van der Waals surface area contributed by atoms with Gasteiger partial charge in [-0.25, -0.2) is 4.39 Å². The van der Waals surface area contributed by atoms with Crippen LogP contribution < -0.4 is 10.1 Å². The number of carbonyl (C=O) groups excluding carboxylic acids is 1. The molecule has 0 aliphatic heterocycles. The van der Waals surface area contributed by atoms with Crippen molar-refractivity contribution in [2.75, 3.05) is 7.11 Å². The molecule has 0 atom stereocenters. The third kappa shape index (κ3) is 2.93. The van der Waals surface area contributed by atoms with Gasteiger partial charge in [-0.3, -0.25) is 4.79 Å². The maximum absolute atomic E-state index is 14.3. The minimum atomic E-state index is -0.636. The van der Waals surface area contributed by atoms with Gasteiger partial charge in [0.25, 0.3) is 5.91 Å². The van der Waals surface area contributed by atoms with Crippen LogP contribution in [0.25, 0.3) is 0 Å². The fourth-order valence-electron chi connectivity index (χ4n) is 3.41. The number of ether oxygens (including phenoxy) is 1. The molecular weight excluding hydrogens is 293 g/mol. The highest BCUT2D eigenvalue weighted by Gasteiger charge is 2.39. The van der Waals surface area contributed by atoms with Gasteiger partial charge in [0.2, 0.25) is 0 Å². The van der Waals surface area contributed by atoms with Gasteiger partial charge >= 0.3 is 0 Å². The van der Waals surface area contributed by atoms with E-state index in [0.29, 0.717) is 16.9 Å². The molecular formula is C19H20FNO2. The average Bonchev–Trinajstić information content (AvgIpc) is 3.04. The van der Waals surface area contributed by atoms with Crippen LogP contribution in [0.2, 0.25) is 0 Å². The molecule has 1 amide bonds. The minimum Gasteiger partial charge on any atom is -0.496 e. The maximum Gasteiger partial charge on any atom is 0.255 e. The lowest BCUT2D eigenvalue weighted by Crippen LogP contribution is -2.44. The van der Waals surface area contributed by atoms with E-state index in [9.17, 15) is 9.18 Å². The number of para-hydroxylation sites is 1. The van der Waals surface area contributed by atoms with Crippen LogP contribution in [0.3, 0.4) is 0 Å². The summed E-state index contributed by atoms with van der Waals surface area (Å²) in [7, 11) is 1.54. The van der Waals surface area contributed by atoms with Crippen molar-refractivity contribution in [3.05, 3.63) is 65.5 Å². The number of nitrogens with one attached hydrogen (secondary N) is 1. The minimum absolute atomic E-state index is 0.229. The number of benzene rings is 2. The molecule has 1 aliphatic rings. The Hall–Kier alpha value is -2.36. The van der Waals surface area contributed by atoms with Gasteiger partial charge < -0.3 is 10.1 Å². The van der Waals surface area contributed by atoms with Crippen molar-refractivity contribution in [1.29, 1.82) is 0 Å². The number of hydrogen-bond acceptors (Lipinski definition) is 2. The smallest absolute Gasteiger partial charge is 0.255 e. The summed E-state index contributed by atoms with van der Waals surface area (Å²) in [6.45, 7) is 0. The van der Waals surface area contributed by atoms with Crippen LogP contribution in [-0.4, -0.2) is 13.0 Å². The predicted molar refractivity (Wildman–Crippen MR) is 87.0 cm³/mol. The van der Waals surface area contributed by atoms with Gasteiger partial charge in [0.1, 0.15) is 11.6 Å². The molecule has 1 fully saturated rings. The van der Waals surface area contributed by atoms with Gasteiger partial charge in [0.05, 0.1) is 18.2 Å². The fraction of sp³-hybridized carbons (Fsp3) is 0.316. The van der Waals surface area contributed by atoms with Crippen LogP contribution in [-0.2, 0) is 5.54 Å². The number of halogens is 1. The lowest BCUT2D eigenvalue weighted by atomic mass is 9.87. The van der Waals surface area contributed by atoms with Gasteiger partial charge in [-0.1, -0.05) is 43.2 Å². The molecule has 2 aromatic rings. The fourth-order valence-corrected chi connectivity index (χ4v) is 3.41.